The minimum Gasteiger partial charge on any atom is -0.497 e. The van der Waals surface area contributed by atoms with Gasteiger partial charge in [-0.15, -0.1) is 0 Å². The minimum atomic E-state index is -3.58. The number of ether oxygens (including phenoxy) is 1. The largest absolute Gasteiger partial charge is 0.497 e. The zero-order valence-corrected chi connectivity index (χ0v) is 13.1. The second-order valence-electron chi connectivity index (χ2n) is 5.19. The summed E-state index contributed by atoms with van der Waals surface area (Å²) >= 11 is 0. The van der Waals surface area contributed by atoms with Gasteiger partial charge in [-0.1, -0.05) is 6.07 Å². The first-order valence-electron chi connectivity index (χ1n) is 7.08. The summed E-state index contributed by atoms with van der Waals surface area (Å²) in [5.74, 6) is 0.683. The normalized spacial score (nSPS) is 14.2. The van der Waals surface area contributed by atoms with Crippen LogP contribution in [0.15, 0.2) is 47.4 Å². The smallest absolute Gasteiger partial charge is 0.261 e. The van der Waals surface area contributed by atoms with Crippen LogP contribution in [0.1, 0.15) is 11.1 Å². The lowest BCUT2D eigenvalue weighted by Gasteiger charge is -2.18. The summed E-state index contributed by atoms with van der Waals surface area (Å²) in [4.78, 5) is 0.283. The molecule has 3 rings (SSSR count). The van der Waals surface area contributed by atoms with Crippen molar-refractivity contribution in [2.24, 2.45) is 0 Å². The molecule has 1 aliphatic heterocycles. The second-order valence-corrected chi connectivity index (χ2v) is 6.87. The van der Waals surface area contributed by atoms with Crippen LogP contribution in [0, 0.1) is 0 Å². The fourth-order valence-corrected chi connectivity index (χ4v) is 3.61. The maximum Gasteiger partial charge on any atom is 0.261 e. The lowest BCUT2D eigenvalue weighted by molar-refractivity contribution is 0.415. The average molecular weight is 318 g/mol. The fraction of sp³-hybridized carbons (Fsp3) is 0.250. The maximum absolute atomic E-state index is 12.5. The Morgan fingerprint density at radius 1 is 1.09 bits per heavy atom. The van der Waals surface area contributed by atoms with Crippen molar-refractivity contribution in [2.75, 3.05) is 18.4 Å². The van der Waals surface area contributed by atoms with Crippen LogP contribution in [0.5, 0.6) is 5.75 Å². The molecule has 6 heteroatoms. The maximum atomic E-state index is 12.5. The van der Waals surface area contributed by atoms with Crippen molar-refractivity contribution in [2.45, 2.75) is 17.9 Å². The highest BCUT2D eigenvalue weighted by Crippen LogP contribution is 2.22. The van der Waals surface area contributed by atoms with Crippen LogP contribution in [0.4, 0.5) is 5.69 Å². The minimum absolute atomic E-state index is 0.283. The number of anilines is 1. The third-order valence-corrected chi connectivity index (χ3v) is 5.10. The third kappa shape index (κ3) is 3.08. The topological polar surface area (TPSA) is 67.4 Å². The fourth-order valence-electron chi connectivity index (χ4n) is 2.50. The third-order valence-electron chi connectivity index (χ3n) is 3.72. The lowest BCUT2D eigenvalue weighted by Crippen LogP contribution is -2.24. The van der Waals surface area contributed by atoms with Crippen molar-refractivity contribution in [3.05, 3.63) is 53.6 Å². The van der Waals surface area contributed by atoms with Gasteiger partial charge in [0.1, 0.15) is 5.75 Å². The molecule has 0 saturated heterocycles. The molecule has 0 aromatic heterocycles. The Balaban J connectivity index is 1.85. The lowest BCUT2D eigenvalue weighted by atomic mass is 10.0. The molecule has 0 bridgehead atoms. The van der Waals surface area contributed by atoms with E-state index in [0.717, 1.165) is 18.5 Å². The van der Waals surface area contributed by atoms with Gasteiger partial charge in [-0.2, -0.15) is 0 Å². The van der Waals surface area contributed by atoms with Gasteiger partial charge in [0.2, 0.25) is 0 Å². The number of fused-ring (bicyclic) bond motifs is 1. The van der Waals surface area contributed by atoms with Gasteiger partial charge in [-0.25, -0.2) is 8.42 Å². The highest BCUT2D eigenvalue weighted by Gasteiger charge is 2.17. The van der Waals surface area contributed by atoms with Crippen molar-refractivity contribution in [3.63, 3.8) is 0 Å². The Morgan fingerprint density at radius 2 is 1.86 bits per heavy atom. The van der Waals surface area contributed by atoms with E-state index < -0.39 is 10.0 Å². The van der Waals surface area contributed by atoms with Crippen molar-refractivity contribution in [1.82, 2.24) is 5.32 Å². The van der Waals surface area contributed by atoms with Crippen molar-refractivity contribution in [3.8, 4) is 5.75 Å². The summed E-state index contributed by atoms with van der Waals surface area (Å²) < 4.78 is 32.6. The van der Waals surface area contributed by atoms with E-state index in [1.54, 1.807) is 43.5 Å². The Labute approximate surface area is 130 Å². The van der Waals surface area contributed by atoms with Crippen molar-refractivity contribution >= 4 is 15.7 Å². The predicted molar refractivity (Wildman–Crippen MR) is 85.7 cm³/mol. The summed E-state index contributed by atoms with van der Waals surface area (Å²) in [6, 6.07) is 12.1. The van der Waals surface area contributed by atoms with Crippen LogP contribution in [0.25, 0.3) is 0 Å². The van der Waals surface area contributed by atoms with E-state index in [-0.39, 0.29) is 4.90 Å². The molecular formula is C16H18N2O3S. The van der Waals surface area contributed by atoms with Gasteiger partial charge >= 0.3 is 0 Å². The van der Waals surface area contributed by atoms with Gasteiger partial charge in [0.25, 0.3) is 10.0 Å². The number of nitrogens with one attached hydrogen (secondary N) is 2. The van der Waals surface area contributed by atoms with Gasteiger partial charge in [0.05, 0.1) is 12.0 Å². The zero-order chi connectivity index (χ0) is 15.6. The molecule has 0 spiro atoms. The van der Waals surface area contributed by atoms with Crippen molar-refractivity contribution < 1.29 is 13.2 Å². The van der Waals surface area contributed by atoms with Crippen molar-refractivity contribution in [1.29, 1.82) is 0 Å². The first-order chi connectivity index (χ1) is 10.6. The summed E-state index contributed by atoms with van der Waals surface area (Å²) in [5.41, 5.74) is 2.77. The molecule has 0 atom stereocenters. The second kappa shape index (κ2) is 5.98. The number of hydrogen-bond acceptors (Lipinski definition) is 4. The average Bonchev–Trinajstić information content (AvgIpc) is 2.55. The summed E-state index contributed by atoms with van der Waals surface area (Å²) in [6.07, 6.45) is 0.932. The zero-order valence-electron chi connectivity index (χ0n) is 12.3. The monoisotopic (exact) mass is 318 g/mol. The van der Waals surface area contributed by atoms with Gasteiger partial charge in [0.15, 0.2) is 0 Å². The molecule has 1 heterocycles. The highest BCUT2D eigenvalue weighted by atomic mass is 32.2. The Hall–Kier alpha value is -2.05. The number of methoxy groups -OCH3 is 1. The molecule has 1 aliphatic rings. The Kier molecular flexibility index (Phi) is 4.04. The van der Waals surface area contributed by atoms with Gasteiger partial charge in [0, 0.05) is 12.2 Å². The van der Waals surface area contributed by atoms with Crippen LogP contribution >= 0.6 is 0 Å². The molecule has 2 N–H and O–H groups in total. The first kappa shape index (κ1) is 14.9. The van der Waals surface area contributed by atoms with Gasteiger partial charge in [-0.3, -0.25) is 4.72 Å². The SMILES string of the molecule is COc1ccc(NS(=O)(=O)c2ccc3c(c2)CNCC3)cc1. The molecule has 0 amide bonds. The van der Waals surface area contributed by atoms with Gasteiger partial charge < -0.3 is 10.1 Å². The molecule has 0 saturated carbocycles. The molecule has 0 radical (unpaired) electrons. The van der Waals surface area contributed by atoms with E-state index in [1.165, 1.54) is 5.56 Å². The molecular weight excluding hydrogens is 300 g/mol. The van der Waals surface area contributed by atoms with Crippen LogP contribution in [-0.4, -0.2) is 22.1 Å². The number of sulfonamides is 1. The number of hydrogen-bond donors (Lipinski definition) is 2. The quantitative estimate of drug-likeness (QED) is 0.906. The summed E-state index contributed by atoms with van der Waals surface area (Å²) in [7, 11) is -2.02. The molecule has 0 unspecified atom stereocenters. The highest BCUT2D eigenvalue weighted by molar-refractivity contribution is 7.92. The van der Waals surface area contributed by atoms with E-state index in [0.29, 0.717) is 18.0 Å². The standard InChI is InChI=1S/C16H18N2O3S/c1-21-15-5-3-14(4-6-15)18-22(19,20)16-7-2-12-8-9-17-11-13(12)10-16/h2-7,10,17-18H,8-9,11H2,1H3. The summed E-state index contributed by atoms with van der Waals surface area (Å²) in [6.45, 7) is 1.64. The van der Waals surface area contributed by atoms with Crippen LogP contribution in [-0.2, 0) is 23.0 Å². The number of rotatable bonds is 4. The molecule has 116 valence electrons. The molecule has 22 heavy (non-hydrogen) atoms. The molecule has 2 aromatic carbocycles. The van der Waals surface area contributed by atoms with E-state index in [4.69, 9.17) is 4.74 Å². The van der Waals surface area contributed by atoms with E-state index in [2.05, 4.69) is 10.0 Å². The van der Waals surface area contributed by atoms with E-state index in [1.807, 2.05) is 6.07 Å². The van der Waals surface area contributed by atoms with E-state index in [9.17, 15) is 8.42 Å². The Morgan fingerprint density at radius 3 is 2.59 bits per heavy atom. The van der Waals surface area contributed by atoms with Crippen LogP contribution in [0.2, 0.25) is 0 Å². The Bertz CT molecular complexity index is 770. The number of benzene rings is 2. The van der Waals surface area contributed by atoms with Crippen LogP contribution in [0.3, 0.4) is 0 Å². The van der Waals surface area contributed by atoms with E-state index >= 15 is 0 Å². The molecule has 0 aliphatic carbocycles. The molecule has 5 nitrogen and oxygen atoms in total. The predicted octanol–water partition coefficient (Wildman–Crippen LogP) is 2.14. The molecule has 2 aromatic rings. The molecule has 0 fully saturated rings. The van der Waals surface area contributed by atoms with Gasteiger partial charge in [-0.05, 0) is 60.5 Å². The first-order valence-corrected chi connectivity index (χ1v) is 8.56. The van der Waals surface area contributed by atoms with Crippen LogP contribution < -0.4 is 14.8 Å². The summed E-state index contributed by atoms with van der Waals surface area (Å²) in [5, 5.41) is 3.25.